The molecule has 8 nitrogen and oxygen atoms in total. The molecule has 0 atom stereocenters. The lowest BCUT2D eigenvalue weighted by Gasteiger charge is -2.18. The zero-order chi connectivity index (χ0) is 14.4. The fourth-order valence-electron chi connectivity index (χ4n) is 1.66. The molecule has 1 heterocycles. The van der Waals surface area contributed by atoms with Gasteiger partial charge in [-0.25, -0.2) is 9.67 Å². The van der Waals surface area contributed by atoms with E-state index in [1.54, 1.807) is 4.68 Å². The molecule has 1 rings (SSSR count). The second-order valence-electron chi connectivity index (χ2n) is 4.68. The quantitative estimate of drug-likeness (QED) is 0.679. The van der Waals surface area contributed by atoms with Crippen LogP contribution in [-0.4, -0.2) is 54.9 Å². The molecule has 0 bridgehead atoms. The van der Waals surface area contributed by atoms with E-state index in [2.05, 4.69) is 10.1 Å². The van der Waals surface area contributed by atoms with Crippen molar-refractivity contribution in [2.24, 2.45) is 5.92 Å². The minimum absolute atomic E-state index is 0.144. The summed E-state index contributed by atoms with van der Waals surface area (Å²) in [4.78, 5) is 26.8. The van der Waals surface area contributed by atoms with Crippen LogP contribution < -0.4 is 0 Å². The lowest BCUT2D eigenvalue weighted by atomic mass is 10.2. The van der Waals surface area contributed by atoms with Crippen LogP contribution in [0.4, 0.5) is 0 Å². The molecule has 0 saturated carbocycles. The van der Waals surface area contributed by atoms with Crippen LogP contribution in [0.5, 0.6) is 0 Å². The smallest absolute Gasteiger partial charge is 0.317 e. The Hall–Kier alpha value is -1.96. The number of nitrogens with zero attached hydrogens (tertiary/aromatic N) is 4. The molecular weight excluding hydrogens is 252 g/mol. The second kappa shape index (κ2) is 6.83. The van der Waals surface area contributed by atoms with E-state index in [9.17, 15) is 9.59 Å². The Morgan fingerprint density at radius 2 is 1.89 bits per heavy atom. The van der Waals surface area contributed by atoms with Crippen molar-refractivity contribution < 1.29 is 19.8 Å². The fourth-order valence-corrected chi connectivity index (χ4v) is 1.66. The molecule has 106 valence electrons. The average Bonchev–Trinajstić information content (AvgIpc) is 2.62. The van der Waals surface area contributed by atoms with E-state index in [-0.39, 0.29) is 19.6 Å². The first-order valence-electron chi connectivity index (χ1n) is 5.91. The van der Waals surface area contributed by atoms with Crippen LogP contribution in [0, 0.1) is 5.92 Å². The highest BCUT2D eigenvalue weighted by molar-refractivity contribution is 5.72. The predicted octanol–water partition coefficient (Wildman–Crippen LogP) is -0.0947. The minimum Gasteiger partial charge on any atom is -0.480 e. The van der Waals surface area contributed by atoms with E-state index < -0.39 is 11.9 Å². The van der Waals surface area contributed by atoms with Crippen LogP contribution in [-0.2, 0) is 22.7 Å². The van der Waals surface area contributed by atoms with Gasteiger partial charge in [-0.15, -0.1) is 0 Å². The van der Waals surface area contributed by atoms with Crippen LogP contribution >= 0.6 is 0 Å². The van der Waals surface area contributed by atoms with Crippen molar-refractivity contribution in [3.63, 3.8) is 0 Å². The van der Waals surface area contributed by atoms with Gasteiger partial charge in [0.15, 0.2) is 0 Å². The lowest BCUT2D eigenvalue weighted by molar-refractivity contribution is -0.142. The lowest BCUT2D eigenvalue weighted by Crippen LogP contribution is -2.35. The van der Waals surface area contributed by atoms with Gasteiger partial charge in [0.25, 0.3) is 0 Å². The third-order valence-corrected chi connectivity index (χ3v) is 2.32. The maximum atomic E-state index is 10.7. The van der Waals surface area contributed by atoms with Gasteiger partial charge in [0.05, 0.1) is 19.6 Å². The topological polar surface area (TPSA) is 109 Å². The minimum atomic E-state index is -1.07. The number of hydrogen-bond donors (Lipinski definition) is 2. The van der Waals surface area contributed by atoms with Gasteiger partial charge in [0.1, 0.15) is 12.2 Å². The van der Waals surface area contributed by atoms with Gasteiger partial charge < -0.3 is 10.2 Å². The van der Waals surface area contributed by atoms with Gasteiger partial charge in [-0.1, -0.05) is 13.8 Å². The highest BCUT2D eigenvalue weighted by Gasteiger charge is 2.17. The summed E-state index contributed by atoms with van der Waals surface area (Å²) in [5, 5.41) is 21.6. The first kappa shape index (κ1) is 15.1. The summed E-state index contributed by atoms with van der Waals surface area (Å²) >= 11 is 0. The zero-order valence-corrected chi connectivity index (χ0v) is 11.0. The molecule has 2 N–H and O–H groups in total. The Labute approximate surface area is 110 Å². The first-order chi connectivity index (χ1) is 8.88. The predicted molar refractivity (Wildman–Crippen MR) is 65.4 cm³/mol. The molecule has 0 aliphatic rings. The second-order valence-corrected chi connectivity index (χ2v) is 4.68. The Bertz CT molecular complexity index is 428. The monoisotopic (exact) mass is 270 g/mol. The molecule has 1 aromatic rings. The van der Waals surface area contributed by atoms with Crippen molar-refractivity contribution >= 4 is 11.9 Å². The van der Waals surface area contributed by atoms with Gasteiger partial charge in [0.2, 0.25) is 0 Å². The molecule has 0 amide bonds. The van der Waals surface area contributed by atoms with Gasteiger partial charge >= 0.3 is 11.9 Å². The number of aliphatic carboxylic acids is 2. The number of rotatable bonds is 8. The van der Waals surface area contributed by atoms with Crippen molar-refractivity contribution in [1.82, 2.24) is 19.7 Å². The molecule has 0 spiro atoms. The third-order valence-electron chi connectivity index (χ3n) is 2.32. The third kappa shape index (κ3) is 5.47. The number of hydrogen-bond acceptors (Lipinski definition) is 5. The van der Waals surface area contributed by atoms with Crippen molar-refractivity contribution in [3.05, 3.63) is 12.2 Å². The summed E-state index contributed by atoms with van der Waals surface area (Å²) in [5.41, 5.74) is 0. The average molecular weight is 270 g/mol. The van der Waals surface area contributed by atoms with Crippen molar-refractivity contribution in [2.75, 3.05) is 13.1 Å². The fraction of sp³-hybridized carbons (Fsp3) is 0.636. The van der Waals surface area contributed by atoms with E-state index >= 15 is 0 Å². The van der Waals surface area contributed by atoms with Crippen LogP contribution in [0.15, 0.2) is 6.33 Å². The largest absolute Gasteiger partial charge is 0.480 e. The van der Waals surface area contributed by atoms with Gasteiger partial charge in [-0.3, -0.25) is 14.5 Å². The number of carboxylic acids is 2. The van der Waals surface area contributed by atoms with Crippen LogP contribution in [0.3, 0.4) is 0 Å². The van der Waals surface area contributed by atoms with Crippen LogP contribution in [0.25, 0.3) is 0 Å². The van der Waals surface area contributed by atoms with Crippen LogP contribution in [0.2, 0.25) is 0 Å². The normalized spacial score (nSPS) is 11.2. The van der Waals surface area contributed by atoms with E-state index in [0.717, 1.165) is 0 Å². The van der Waals surface area contributed by atoms with Gasteiger partial charge in [-0.2, -0.15) is 5.10 Å². The molecule has 0 saturated heterocycles. The molecule has 0 fully saturated rings. The summed E-state index contributed by atoms with van der Waals surface area (Å²) in [5.74, 6) is -1.21. The Morgan fingerprint density at radius 1 is 1.32 bits per heavy atom. The summed E-state index contributed by atoms with van der Waals surface area (Å²) in [7, 11) is 0. The summed E-state index contributed by atoms with van der Waals surface area (Å²) < 4.78 is 1.67. The van der Waals surface area contributed by atoms with E-state index in [0.29, 0.717) is 18.3 Å². The Balaban J connectivity index is 2.74. The standard InChI is InChI=1S/C11H18N4O4/c1-8(2)3-15-9(12-7-13-15)4-14(5-10(16)17)6-11(18)19/h7-8H,3-6H2,1-2H3,(H,16,17)(H,18,19). The summed E-state index contributed by atoms with van der Waals surface area (Å²) in [6, 6.07) is 0. The number of carbonyl (C=O) groups is 2. The maximum absolute atomic E-state index is 10.7. The van der Waals surface area contributed by atoms with Crippen molar-refractivity contribution in [3.8, 4) is 0 Å². The zero-order valence-electron chi connectivity index (χ0n) is 11.0. The molecule has 8 heteroatoms. The van der Waals surface area contributed by atoms with E-state index in [1.165, 1.54) is 11.2 Å². The number of aromatic nitrogens is 3. The molecular formula is C11H18N4O4. The summed E-state index contributed by atoms with van der Waals surface area (Å²) in [6.07, 6.45) is 1.39. The first-order valence-corrected chi connectivity index (χ1v) is 5.91. The SMILES string of the molecule is CC(C)Cn1ncnc1CN(CC(=O)O)CC(=O)O. The molecule has 0 aliphatic heterocycles. The highest BCUT2D eigenvalue weighted by Crippen LogP contribution is 2.04. The molecule has 0 unspecified atom stereocenters. The van der Waals surface area contributed by atoms with Crippen molar-refractivity contribution in [2.45, 2.75) is 26.9 Å². The van der Waals surface area contributed by atoms with E-state index in [1.807, 2.05) is 13.8 Å². The Morgan fingerprint density at radius 3 is 2.37 bits per heavy atom. The Kier molecular flexibility index (Phi) is 5.43. The van der Waals surface area contributed by atoms with E-state index in [4.69, 9.17) is 10.2 Å². The van der Waals surface area contributed by atoms with Gasteiger partial charge in [0, 0.05) is 6.54 Å². The summed E-state index contributed by atoms with van der Waals surface area (Å²) in [6.45, 7) is 4.16. The molecule has 1 aromatic heterocycles. The van der Waals surface area contributed by atoms with Crippen LogP contribution in [0.1, 0.15) is 19.7 Å². The highest BCUT2D eigenvalue weighted by atomic mass is 16.4. The number of carboxylic acid groups (broad SMARTS) is 2. The molecule has 0 aliphatic carbocycles. The molecule has 0 aromatic carbocycles. The molecule has 0 radical (unpaired) electrons. The van der Waals surface area contributed by atoms with Gasteiger partial charge in [-0.05, 0) is 5.92 Å². The maximum Gasteiger partial charge on any atom is 0.317 e. The van der Waals surface area contributed by atoms with Crippen molar-refractivity contribution in [1.29, 1.82) is 0 Å². The molecule has 19 heavy (non-hydrogen) atoms.